The monoisotopic (exact) mass is 544 g/mol. The predicted molar refractivity (Wildman–Crippen MR) is 134 cm³/mol. The number of benzene rings is 2. The van der Waals surface area contributed by atoms with Crippen molar-refractivity contribution < 1.29 is 36.7 Å². The van der Waals surface area contributed by atoms with E-state index >= 15 is 0 Å². The molecule has 2 atom stereocenters. The zero-order valence-electron chi connectivity index (χ0n) is 21.2. The molecule has 9 nitrogen and oxygen atoms in total. The Morgan fingerprint density at radius 2 is 1.87 bits per heavy atom. The molecule has 3 aromatic rings. The van der Waals surface area contributed by atoms with Crippen LogP contribution in [0.4, 0.5) is 18.9 Å². The summed E-state index contributed by atoms with van der Waals surface area (Å²) in [4.78, 5) is 45.1. The quantitative estimate of drug-likeness (QED) is 0.446. The van der Waals surface area contributed by atoms with E-state index in [1.807, 2.05) is 38.1 Å². The van der Waals surface area contributed by atoms with Gasteiger partial charge in [0.15, 0.2) is 0 Å². The minimum Gasteiger partial charge on any atom is -0.441 e. The summed E-state index contributed by atoms with van der Waals surface area (Å²) >= 11 is 0. The molecule has 2 N–H and O–H groups in total. The van der Waals surface area contributed by atoms with Crippen molar-refractivity contribution in [1.29, 1.82) is 0 Å². The molecule has 0 radical (unpaired) electrons. The van der Waals surface area contributed by atoms with Gasteiger partial charge in [-0.1, -0.05) is 36.4 Å². The largest absolute Gasteiger partial charge is 0.573 e. The Hall–Kier alpha value is -4.35. The fraction of sp³-hybridized carbons (Fsp3) is 0.333. The molecule has 0 unspecified atom stereocenters. The molecule has 3 amide bonds. The van der Waals surface area contributed by atoms with Crippen LogP contribution in [-0.4, -0.2) is 47.2 Å². The molecular formula is C27H27F3N4O5. The lowest BCUT2D eigenvalue weighted by Gasteiger charge is -2.30. The second kappa shape index (κ2) is 11.6. The first-order chi connectivity index (χ1) is 18.5. The van der Waals surface area contributed by atoms with Gasteiger partial charge < -0.3 is 24.7 Å². The lowest BCUT2D eigenvalue weighted by molar-refractivity contribution is -0.274. The van der Waals surface area contributed by atoms with Crippen LogP contribution in [0.2, 0.25) is 0 Å². The lowest BCUT2D eigenvalue weighted by atomic mass is 10.0. The standard InChI is InChI=1S/C27H27F3N4O5/c1-16(2)34-21-9-5-3-7-17(21)11-12-19(26(34)37)32-23(35)20(33-24(36)25-31-13-14-38-25)15-18-8-4-6-10-22(18)39-27(28,29)30/h3-10,13-14,16,19-20H,11-12,15H2,1-2H3,(H,32,35)(H,33,36)/t19-,20-/m1/s1. The summed E-state index contributed by atoms with van der Waals surface area (Å²) in [5.41, 5.74) is 1.72. The van der Waals surface area contributed by atoms with Gasteiger partial charge >= 0.3 is 12.3 Å². The molecule has 2 heterocycles. The van der Waals surface area contributed by atoms with Crippen LogP contribution in [0.3, 0.4) is 0 Å². The minimum absolute atomic E-state index is 0.0195. The number of alkyl halides is 3. The topological polar surface area (TPSA) is 114 Å². The van der Waals surface area contributed by atoms with Gasteiger partial charge in [0.05, 0.1) is 6.20 Å². The molecule has 2 aromatic carbocycles. The highest BCUT2D eigenvalue weighted by Gasteiger charge is 2.36. The van der Waals surface area contributed by atoms with Gasteiger partial charge in [0.25, 0.3) is 5.89 Å². The van der Waals surface area contributed by atoms with Gasteiger partial charge in [-0.2, -0.15) is 0 Å². The highest BCUT2D eigenvalue weighted by molar-refractivity contribution is 6.02. The number of hydrogen-bond donors (Lipinski definition) is 2. The SMILES string of the molecule is CC(C)N1C(=O)[C@H](NC(=O)[C@@H](Cc2ccccc2OC(F)(F)F)NC(=O)c2ncco2)CCc2ccccc21. The molecule has 0 bridgehead atoms. The Kier molecular flexibility index (Phi) is 8.22. The number of fused-ring (bicyclic) bond motifs is 1. The Morgan fingerprint density at radius 3 is 2.56 bits per heavy atom. The Labute approximate surface area is 222 Å². The van der Waals surface area contributed by atoms with E-state index in [0.717, 1.165) is 17.3 Å². The number of carbonyl (C=O) groups is 3. The van der Waals surface area contributed by atoms with Crippen molar-refractivity contribution in [3.63, 3.8) is 0 Å². The fourth-order valence-electron chi connectivity index (χ4n) is 4.49. The first-order valence-electron chi connectivity index (χ1n) is 12.3. The Balaban J connectivity index is 1.60. The van der Waals surface area contributed by atoms with E-state index in [2.05, 4.69) is 20.4 Å². The summed E-state index contributed by atoms with van der Waals surface area (Å²) in [6, 6.07) is 10.2. The highest BCUT2D eigenvalue weighted by Crippen LogP contribution is 2.29. The second-order valence-electron chi connectivity index (χ2n) is 9.25. The van der Waals surface area contributed by atoms with Crippen molar-refractivity contribution in [1.82, 2.24) is 15.6 Å². The molecule has 0 spiro atoms. The smallest absolute Gasteiger partial charge is 0.441 e. The molecule has 0 saturated heterocycles. The summed E-state index contributed by atoms with van der Waals surface area (Å²) in [7, 11) is 0. The predicted octanol–water partition coefficient (Wildman–Crippen LogP) is 3.79. The zero-order chi connectivity index (χ0) is 28.2. The van der Waals surface area contributed by atoms with E-state index in [1.54, 1.807) is 4.90 Å². The van der Waals surface area contributed by atoms with Gasteiger partial charge in [0.1, 0.15) is 24.1 Å². The number of nitrogens with one attached hydrogen (secondary N) is 2. The van der Waals surface area contributed by atoms with E-state index < -0.39 is 36.0 Å². The first-order valence-corrected chi connectivity index (χ1v) is 12.3. The number of hydrogen-bond acceptors (Lipinski definition) is 6. The van der Waals surface area contributed by atoms with Crippen molar-refractivity contribution in [3.8, 4) is 5.75 Å². The van der Waals surface area contributed by atoms with Crippen molar-refractivity contribution in [3.05, 3.63) is 78.0 Å². The normalized spacial score (nSPS) is 16.3. The molecule has 206 valence electrons. The number of aromatic nitrogens is 1. The Morgan fingerprint density at radius 1 is 1.15 bits per heavy atom. The summed E-state index contributed by atoms with van der Waals surface area (Å²) < 4.78 is 48.1. The molecular weight excluding hydrogens is 517 g/mol. The number of ether oxygens (including phenoxy) is 1. The maximum Gasteiger partial charge on any atom is 0.573 e. The number of halogens is 3. The third kappa shape index (κ3) is 6.75. The molecule has 4 rings (SSSR count). The van der Waals surface area contributed by atoms with E-state index in [-0.39, 0.29) is 29.8 Å². The van der Waals surface area contributed by atoms with Crippen LogP contribution < -0.4 is 20.3 Å². The number of aryl methyl sites for hydroxylation is 1. The minimum atomic E-state index is -4.96. The van der Waals surface area contributed by atoms with Crippen molar-refractivity contribution in [2.45, 2.75) is 57.6 Å². The van der Waals surface area contributed by atoms with Gasteiger partial charge in [-0.3, -0.25) is 14.4 Å². The number of nitrogens with zero attached hydrogens (tertiary/aromatic N) is 2. The third-order valence-corrected chi connectivity index (χ3v) is 6.19. The van der Waals surface area contributed by atoms with Gasteiger partial charge in [-0.25, -0.2) is 4.98 Å². The van der Waals surface area contributed by atoms with Gasteiger partial charge in [0.2, 0.25) is 11.8 Å². The van der Waals surface area contributed by atoms with Crippen LogP contribution >= 0.6 is 0 Å². The summed E-state index contributed by atoms with van der Waals surface area (Å²) in [5, 5.41) is 5.17. The number of anilines is 1. The zero-order valence-corrected chi connectivity index (χ0v) is 21.2. The average Bonchev–Trinajstić information content (AvgIpc) is 3.37. The van der Waals surface area contributed by atoms with E-state index in [0.29, 0.717) is 12.8 Å². The van der Waals surface area contributed by atoms with Crippen molar-refractivity contribution in [2.75, 3.05) is 4.90 Å². The van der Waals surface area contributed by atoms with Crippen LogP contribution in [0, 0.1) is 0 Å². The molecule has 1 aliphatic heterocycles. The Bertz CT molecular complexity index is 1330. The van der Waals surface area contributed by atoms with Crippen molar-refractivity contribution in [2.24, 2.45) is 0 Å². The molecule has 0 saturated carbocycles. The number of para-hydroxylation sites is 2. The first kappa shape index (κ1) is 27.7. The molecule has 0 aliphatic carbocycles. The van der Waals surface area contributed by atoms with Crippen LogP contribution in [0.15, 0.2) is 65.4 Å². The molecule has 12 heteroatoms. The maximum atomic E-state index is 13.5. The summed E-state index contributed by atoms with van der Waals surface area (Å²) in [5.74, 6) is -2.79. The average molecular weight is 545 g/mol. The number of amides is 3. The lowest BCUT2D eigenvalue weighted by Crippen LogP contribution is -2.55. The highest BCUT2D eigenvalue weighted by atomic mass is 19.4. The summed E-state index contributed by atoms with van der Waals surface area (Å²) in [6.07, 6.45) is -2.13. The van der Waals surface area contributed by atoms with E-state index in [1.165, 1.54) is 30.7 Å². The molecule has 39 heavy (non-hydrogen) atoms. The number of oxazole rings is 1. The van der Waals surface area contributed by atoms with Gasteiger partial charge in [-0.15, -0.1) is 13.2 Å². The number of carbonyl (C=O) groups excluding carboxylic acids is 3. The molecule has 0 fully saturated rings. The van der Waals surface area contributed by atoms with E-state index in [9.17, 15) is 27.6 Å². The van der Waals surface area contributed by atoms with Crippen molar-refractivity contribution >= 4 is 23.4 Å². The molecule has 1 aliphatic rings. The van der Waals surface area contributed by atoms with Gasteiger partial charge in [0, 0.05) is 18.2 Å². The number of rotatable bonds is 8. The summed E-state index contributed by atoms with van der Waals surface area (Å²) in [6.45, 7) is 3.71. The van der Waals surface area contributed by atoms with E-state index in [4.69, 9.17) is 4.42 Å². The van der Waals surface area contributed by atoms with Crippen LogP contribution in [-0.2, 0) is 22.4 Å². The van der Waals surface area contributed by atoms with Gasteiger partial charge in [-0.05, 0) is 49.9 Å². The molecule has 1 aromatic heterocycles. The second-order valence-corrected chi connectivity index (χ2v) is 9.25. The van der Waals surface area contributed by atoms with Crippen LogP contribution in [0.25, 0.3) is 0 Å². The van der Waals surface area contributed by atoms with Crippen LogP contribution in [0.1, 0.15) is 42.1 Å². The van der Waals surface area contributed by atoms with Crippen LogP contribution in [0.5, 0.6) is 5.75 Å². The third-order valence-electron chi connectivity index (χ3n) is 6.19. The fourth-order valence-corrected chi connectivity index (χ4v) is 4.49. The maximum absolute atomic E-state index is 13.5.